The molecule has 2 heterocycles. The van der Waals surface area contributed by atoms with E-state index in [1.807, 2.05) is 12.1 Å². The maximum absolute atomic E-state index is 5.34. The van der Waals surface area contributed by atoms with Gasteiger partial charge in [0, 0.05) is 13.7 Å². The summed E-state index contributed by atoms with van der Waals surface area (Å²) in [4.78, 5) is 4.13. The van der Waals surface area contributed by atoms with E-state index in [1.54, 1.807) is 17.8 Å². The van der Waals surface area contributed by atoms with Gasteiger partial charge in [-0.2, -0.15) is 0 Å². The third-order valence-electron chi connectivity index (χ3n) is 2.12. The number of ether oxygens (including phenoxy) is 1. The largest absolute Gasteiger partial charge is 0.383 e. The highest BCUT2D eigenvalue weighted by Crippen LogP contribution is 2.07. The Morgan fingerprint density at radius 1 is 1.56 bits per heavy atom. The fourth-order valence-corrected chi connectivity index (χ4v) is 1.35. The number of nitrogens with zero attached hydrogens (tertiary/aromatic N) is 3. The smallest absolute Gasteiger partial charge is 0.155 e. The van der Waals surface area contributed by atoms with Gasteiger partial charge in [0.15, 0.2) is 5.65 Å². The Morgan fingerprint density at radius 2 is 2.44 bits per heavy atom. The van der Waals surface area contributed by atoms with Crippen LogP contribution in [0.3, 0.4) is 0 Å². The van der Waals surface area contributed by atoms with Crippen LogP contribution in [0.5, 0.6) is 0 Å². The molecule has 0 spiro atoms. The van der Waals surface area contributed by atoms with Crippen LogP contribution in [-0.2, 0) is 4.74 Å². The van der Waals surface area contributed by atoms with Gasteiger partial charge in [-0.15, -0.1) is 11.5 Å². The van der Waals surface area contributed by atoms with Crippen LogP contribution in [0.2, 0.25) is 0 Å². The van der Waals surface area contributed by atoms with Gasteiger partial charge in [0.2, 0.25) is 0 Å². The summed E-state index contributed by atoms with van der Waals surface area (Å²) in [5, 5.41) is 7.45. The lowest BCUT2D eigenvalue weighted by Crippen LogP contribution is -2.10. The molecule has 2 aromatic rings. The summed E-state index contributed by atoms with van der Waals surface area (Å²) in [5.41, 5.74) is 1.38. The Kier molecular flexibility index (Phi) is 3.03. The van der Waals surface area contributed by atoms with E-state index in [4.69, 9.17) is 11.2 Å². The van der Waals surface area contributed by atoms with Crippen LogP contribution in [-0.4, -0.2) is 34.9 Å². The number of imidazole rings is 1. The van der Waals surface area contributed by atoms with Crippen LogP contribution in [0.4, 0.5) is 5.82 Å². The van der Waals surface area contributed by atoms with Crippen molar-refractivity contribution in [3.63, 3.8) is 0 Å². The van der Waals surface area contributed by atoms with Crippen molar-refractivity contribution in [3.05, 3.63) is 24.0 Å². The maximum Gasteiger partial charge on any atom is 0.155 e. The molecule has 0 amide bonds. The summed E-state index contributed by atoms with van der Waals surface area (Å²) in [7, 11) is 1.66. The number of methoxy groups -OCH3 is 1. The Hall–Kier alpha value is -2.06. The van der Waals surface area contributed by atoms with Gasteiger partial charge >= 0.3 is 0 Å². The van der Waals surface area contributed by atoms with Gasteiger partial charge < -0.3 is 10.1 Å². The van der Waals surface area contributed by atoms with Crippen molar-refractivity contribution >= 4 is 11.5 Å². The van der Waals surface area contributed by atoms with E-state index < -0.39 is 0 Å². The third kappa shape index (κ3) is 1.97. The SMILES string of the molecule is C#Cc1cnc2ccc(NCCOC)nn12. The summed E-state index contributed by atoms with van der Waals surface area (Å²) >= 11 is 0. The van der Waals surface area contributed by atoms with Gasteiger partial charge in [0.1, 0.15) is 11.5 Å². The predicted octanol–water partition coefficient (Wildman–Crippen LogP) is 0.769. The van der Waals surface area contributed by atoms with E-state index in [0.29, 0.717) is 18.8 Å². The van der Waals surface area contributed by atoms with Crippen molar-refractivity contribution in [2.24, 2.45) is 0 Å². The summed E-state index contributed by atoms with van der Waals surface area (Å²) in [5.74, 6) is 3.28. The second-order valence-corrected chi connectivity index (χ2v) is 3.20. The first-order valence-electron chi connectivity index (χ1n) is 4.89. The van der Waals surface area contributed by atoms with Crippen molar-refractivity contribution in [3.8, 4) is 12.3 Å². The molecule has 5 heteroatoms. The molecule has 0 saturated heterocycles. The van der Waals surface area contributed by atoms with Crippen LogP contribution < -0.4 is 5.32 Å². The second-order valence-electron chi connectivity index (χ2n) is 3.20. The van der Waals surface area contributed by atoms with E-state index in [0.717, 1.165) is 11.5 Å². The van der Waals surface area contributed by atoms with E-state index in [9.17, 15) is 0 Å². The molecule has 0 aliphatic heterocycles. The average Bonchev–Trinajstić information content (AvgIpc) is 2.71. The molecular formula is C11H12N4O. The monoisotopic (exact) mass is 216 g/mol. The molecule has 0 unspecified atom stereocenters. The first kappa shape index (κ1) is 10.5. The van der Waals surface area contributed by atoms with Crippen LogP contribution in [0.25, 0.3) is 5.65 Å². The summed E-state index contributed by atoms with van der Waals surface area (Å²) < 4.78 is 6.57. The standard InChI is InChI=1S/C11H12N4O/c1-3-9-8-13-11-5-4-10(14-15(9)11)12-6-7-16-2/h1,4-5,8H,6-7H2,2H3,(H,12,14). The van der Waals surface area contributed by atoms with Gasteiger partial charge in [-0.1, -0.05) is 0 Å². The fourth-order valence-electron chi connectivity index (χ4n) is 1.35. The molecule has 1 N–H and O–H groups in total. The minimum Gasteiger partial charge on any atom is -0.383 e. The van der Waals surface area contributed by atoms with Crippen LogP contribution in [0.15, 0.2) is 18.3 Å². The van der Waals surface area contributed by atoms with Crippen molar-refractivity contribution in [2.75, 3.05) is 25.6 Å². The number of hydrogen-bond acceptors (Lipinski definition) is 4. The molecule has 0 saturated carbocycles. The normalized spacial score (nSPS) is 10.2. The first-order valence-corrected chi connectivity index (χ1v) is 4.89. The summed E-state index contributed by atoms with van der Waals surface area (Å²) in [6.07, 6.45) is 6.97. The minimum absolute atomic E-state index is 0.631. The molecule has 16 heavy (non-hydrogen) atoms. The summed E-state index contributed by atoms with van der Waals surface area (Å²) in [6.45, 7) is 1.33. The zero-order valence-electron chi connectivity index (χ0n) is 8.97. The number of hydrogen-bond donors (Lipinski definition) is 1. The Bertz CT molecular complexity index is 526. The number of anilines is 1. The topological polar surface area (TPSA) is 51.5 Å². The number of terminal acetylenes is 1. The molecule has 0 atom stereocenters. The lowest BCUT2D eigenvalue weighted by molar-refractivity contribution is 0.210. The second kappa shape index (κ2) is 4.64. The van der Waals surface area contributed by atoms with Gasteiger partial charge in [0.25, 0.3) is 0 Å². The van der Waals surface area contributed by atoms with Gasteiger partial charge in [-0.25, -0.2) is 9.50 Å². The number of fused-ring (bicyclic) bond motifs is 1. The highest BCUT2D eigenvalue weighted by molar-refractivity contribution is 5.47. The predicted molar refractivity (Wildman–Crippen MR) is 61.3 cm³/mol. The number of aromatic nitrogens is 3. The van der Waals surface area contributed by atoms with E-state index in [-0.39, 0.29) is 0 Å². The number of rotatable bonds is 4. The van der Waals surface area contributed by atoms with Crippen LogP contribution in [0.1, 0.15) is 5.69 Å². The molecule has 5 nitrogen and oxygen atoms in total. The quantitative estimate of drug-likeness (QED) is 0.606. The van der Waals surface area contributed by atoms with Gasteiger partial charge in [0.05, 0.1) is 12.8 Å². The zero-order valence-corrected chi connectivity index (χ0v) is 8.97. The summed E-state index contributed by atoms with van der Waals surface area (Å²) in [6, 6.07) is 3.72. The molecule has 2 aromatic heterocycles. The Balaban J connectivity index is 2.25. The number of nitrogens with one attached hydrogen (secondary N) is 1. The lowest BCUT2D eigenvalue weighted by Gasteiger charge is -2.04. The van der Waals surface area contributed by atoms with Gasteiger partial charge in [-0.3, -0.25) is 0 Å². The molecule has 0 fully saturated rings. The van der Waals surface area contributed by atoms with Crippen LogP contribution in [0, 0.1) is 12.3 Å². The molecule has 2 rings (SSSR count). The molecule has 0 aliphatic carbocycles. The van der Waals surface area contributed by atoms with E-state index >= 15 is 0 Å². The molecular weight excluding hydrogens is 204 g/mol. The Labute approximate surface area is 93.4 Å². The highest BCUT2D eigenvalue weighted by atomic mass is 16.5. The van der Waals surface area contributed by atoms with Crippen LogP contribution >= 0.6 is 0 Å². The average molecular weight is 216 g/mol. The molecule has 0 radical (unpaired) electrons. The van der Waals surface area contributed by atoms with Crippen molar-refractivity contribution < 1.29 is 4.74 Å². The highest BCUT2D eigenvalue weighted by Gasteiger charge is 2.02. The molecule has 82 valence electrons. The Morgan fingerprint density at radius 3 is 3.19 bits per heavy atom. The van der Waals surface area contributed by atoms with Crippen molar-refractivity contribution in [1.29, 1.82) is 0 Å². The van der Waals surface area contributed by atoms with E-state index in [1.165, 1.54) is 0 Å². The van der Waals surface area contributed by atoms with Crippen molar-refractivity contribution in [1.82, 2.24) is 14.6 Å². The molecule has 0 bridgehead atoms. The minimum atomic E-state index is 0.631. The first-order chi connectivity index (χ1) is 7.85. The third-order valence-corrected chi connectivity index (χ3v) is 2.12. The lowest BCUT2D eigenvalue weighted by atomic mass is 10.5. The zero-order chi connectivity index (χ0) is 11.4. The molecule has 0 aliphatic rings. The van der Waals surface area contributed by atoms with E-state index in [2.05, 4.69) is 21.3 Å². The maximum atomic E-state index is 5.34. The molecule has 0 aromatic carbocycles. The van der Waals surface area contributed by atoms with Gasteiger partial charge in [-0.05, 0) is 18.1 Å². The van der Waals surface area contributed by atoms with Crippen molar-refractivity contribution in [2.45, 2.75) is 0 Å². The fraction of sp³-hybridized carbons (Fsp3) is 0.273.